The minimum absolute atomic E-state index is 0. The summed E-state index contributed by atoms with van der Waals surface area (Å²) in [5.74, 6) is 0. The van der Waals surface area contributed by atoms with Crippen molar-refractivity contribution in [2.75, 3.05) is 0 Å². The van der Waals surface area contributed by atoms with Gasteiger partial charge in [-0.25, -0.2) is 0 Å². The molecule has 0 amide bonds. The van der Waals surface area contributed by atoms with Gasteiger partial charge in [-0.1, -0.05) is 0 Å². The molecule has 0 saturated carbocycles. The molecular weight excluding hydrogens is 413 g/mol. The summed E-state index contributed by atoms with van der Waals surface area (Å²) in [4.78, 5) is 0. The molecule has 16 heavy (non-hydrogen) atoms. The standard InChI is InChI=1S/3ClHO4.In/c3*2-1(3,4)5;/h3*(H,2,3,4,5);. The van der Waals surface area contributed by atoms with Crippen LogP contribution in [-0.4, -0.2) is 39.8 Å². The van der Waals surface area contributed by atoms with E-state index in [-0.39, 0.29) is 25.8 Å². The molecule has 0 bridgehead atoms. The van der Waals surface area contributed by atoms with Crippen LogP contribution in [0.1, 0.15) is 0 Å². The minimum atomic E-state index is -4.69. The third-order valence-electron chi connectivity index (χ3n) is 0. The zero-order chi connectivity index (χ0) is 13.5. The fourth-order valence-electron chi connectivity index (χ4n) is 0. The fourth-order valence-corrected chi connectivity index (χ4v) is 0. The van der Waals surface area contributed by atoms with Crippen LogP contribution >= 0.6 is 0 Å². The molecule has 0 rings (SSSR count). The Morgan fingerprint density at radius 3 is 0.438 bits per heavy atom. The first-order valence-corrected chi connectivity index (χ1v) is 5.69. The zero-order valence-corrected chi connectivity index (χ0v) is 12.3. The van der Waals surface area contributed by atoms with Crippen LogP contribution in [0.15, 0.2) is 0 Å². The topological polar surface area (TPSA) is 268 Å². The van der Waals surface area contributed by atoms with Gasteiger partial charge in [0.05, 0.1) is 44.7 Å². The summed E-state index contributed by atoms with van der Waals surface area (Å²) < 4.78 is 98.2. The fraction of sp³-hybridized carbons (Fsp3) is 0. The van der Waals surface area contributed by atoms with E-state index in [1.165, 1.54) is 0 Å². The van der Waals surface area contributed by atoms with Gasteiger partial charge in [-0.05, 0) is 0 Å². The quantitative estimate of drug-likeness (QED) is 0.332. The second-order valence-corrected chi connectivity index (χ2v) is 3.56. The largest absolute Gasteiger partial charge is 0.183 e. The van der Waals surface area contributed by atoms with Crippen molar-refractivity contribution in [1.82, 2.24) is 0 Å². The minimum Gasteiger partial charge on any atom is -0.183 e. The predicted octanol–water partition coefficient (Wildman–Crippen LogP) is -12.8. The maximum absolute atomic E-state index is 8.60. The Bertz CT molecular complexity index is 91.3. The molecule has 0 spiro atoms. The van der Waals surface area contributed by atoms with Gasteiger partial charge in [-0.2, -0.15) is 41.9 Å². The third-order valence-corrected chi connectivity index (χ3v) is 0. The van der Waals surface area contributed by atoms with Gasteiger partial charge in [0.25, 0.3) is 0 Å². The van der Waals surface area contributed by atoms with Crippen LogP contribution in [-0.2, 0) is 0 Å². The van der Waals surface area contributed by atoms with E-state index in [4.69, 9.17) is 55.9 Å². The average molecular weight is 416 g/mol. The van der Waals surface area contributed by atoms with Gasteiger partial charge < -0.3 is 0 Å². The molecule has 0 saturated heterocycles. The molecule has 0 atom stereocenters. The van der Waals surface area contributed by atoms with Gasteiger partial charge in [0.2, 0.25) is 0 Å². The van der Waals surface area contributed by atoms with Gasteiger partial charge in [0, 0.05) is 25.8 Å². The van der Waals surface area contributed by atoms with E-state index in [0.717, 1.165) is 0 Å². The molecule has 0 aromatic heterocycles. The van der Waals surface area contributed by atoms with Crippen molar-refractivity contribution in [3.8, 4) is 0 Å². The van der Waals surface area contributed by atoms with Crippen LogP contribution in [0, 0.1) is 30.7 Å². The van der Waals surface area contributed by atoms with Crippen molar-refractivity contribution in [1.29, 1.82) is 0 Å². The Morgan fingerprint density at radius 1 is 0.438 bits per heavy atom. The second-order valence-electron chi connectivity index (χ2n) is 1.19. The Morgan fingerprint density at radius 2 is 0.438 bits per heavy atom. The summed E-state index contributed by atoms with van der Waals surface area (Å²) in [6.45, 7) is 0. The van der Waals surface area contributed by atoms with Crippen molar-refractivity contribution < 1.29 is 86.6 Å². The summed E-state index contributed by atoms with van der Waals surface area (Å²) in [7, 11) is -14.1. The normalized spacial score (nSPS) is 11.2. The Balaban J connectivity index is -0.0000000655. The number of rotatable bonds is 0. The molecule has 3 radical (unpaired) electrons. The van der Waals surface area contributed by atoms with E-state index in [1.807, 2.05) is 0 Å². The van der Waals surface area contributed by atoms with Crippen LogP contribution in [0.5, 0.6) is 0 Å². The molecule has 0 unspecified atom stereocenters. The SMILES string of the molecule is [In].[O-][Cl+3]([O-])([O-])O.[O-][Cl+3]([O-])([O-])O.[O-][Cl+3]([O-])([O-])O. The molecule has 0 aromatic rings. The maximum atomic E-state index is 8.60. The van der Waals surface area contributed by atoms with Crippen molar-refractivity contribution in [3.63, 3.8) is 0 Å². The Hall–Kier alpha value is 1.26. The summed E-state index contributed by atoms with van der Waals surface area (Å²) in [6.07, 6.45) is 0. The third kappa shape index (κ3) is 1950. The Kier molecular flexibility index (Phi) is 16.6. The summed E-state index contributed by atoms with van der Waals surface area (Å²) in [5.41, 5.74) is 0. The van der Waals surface area contributed by atoms with Crippen LogP contribution in [0.4, 0.5) is 0 Å². The molecule has 0 heterocycles. The molecule has 12 nitrogen and oxygen atoms in total. The summed E-state index contributed by atoms with van der Waals surface area (Å²) >= 11 is 0. The van der Waals surface area contributed by atoms with E-state index >= 15 is 0 Å². The molecule has 0 aliphatic heterocycles. The van der Waals surface area contributed by atoms with Crippen LogP contribution < -0.4 is 41.9 Å². The van der Waals surface area contributed by atoms with Crippen molar-refractivity contribution >= 4 is 25.8 Å². The van der Waals surface area contributed by atoms with E-state index in [0.29, 0.717) is 0 Å². The van der Waals surface area contributed by atoms with Crippen molar-refractivity contribution in [2.45, 2.75) is 0 Å². The molecule has 3 N–H and O–H groups in total. The molecule has 0 aliphatic carbocycles. The monoisotopic (exact) mass is 415 g/mol. The zero-order valence-electron chi connectivity index (χ0n) is 6.73. The van der Waals surface area contributed by atoms with Crippen LogP contribution in [0.3, 0.4) is 0 Å². The number of halogens is 3. The second kappa shape index (κ2) is 10.2. The Labute approximate surface area is 112 Å². The van der Waals surface area contributed by atoms with Gasteiger partial charge in [0.1, 0.15) is 0 Å². The predicted molar refractivity (Wildman–Crippen MR) is 12.4 cm³/mol. The first kappa shape index (κ1) is 26.0. The van der Waals surface area contributed by atoms with Gasteiger partial charge in [-0.15, -0.1) is 0 Å². The molecular formula is H3Cl3InO12. The van der Waals surface area contributed by atoms with Crippen molar-refractivity contribution in [3.05, 3.63) is 0 Å². The van der Waals surface area contributed by atoms with E-state index in [1.54, 1.807) is 0 Å². The molecule has 0 aliphatic rings. The average Bonchev–Trinajstić information content (AvgIpc) is 1.41. The van der Waals surface area contributed by atoms with Gasteiger partial charge >= 0.3 is 0 Å². The van der Waals surface area contributed by atoms with E-state index < -0.39 is 30.7 Å². The first-order chi connectivity index (χ1) is 6.00. The molecule has 0 aromatic carbocycles. The smallest absolute Gasteiger partial charge is 0.0777 e. The first-order valence-electron chi connectivity index (χ1n) is 1.90. The van der Waals surface area contributed by atoms with E-state index in [9.17, 15) is 0 Å². The molecule has 16 heteroatoms. The van der Waals surface area contributed by atoms with Crippen molar-refractivity contribution in [2.24, 2.45) is 0 Å². The number of hydrogen-bond acceptors (Lipinski definition) is 12. The van der Waals surface area contributed by atoms with E-state index in [2.05, 4.69) is 0 Å². The molecule has 0 fully saturated rings. The van der Waals surface area contributed by atoms with Gasteiger partial charge in [-0.3, -0.25) is 0 Å². The maximum Gasteiger partial charge on any atom is 0.0777 e. The van der Waals surface area contributed by atoms with Gasteiger partial charge in [0.15, 0.2) is 0 Å². The van der Waals surface area contributed by atoms with Crippen LogP contribution in [0.2, 0.25) is 0 Å². The molecule has 99 valence electrons. The summed E-state index contributed by atoms with van der Waals surface area (Å²) in [5, 5.41) is 0. The van der Waals surface area contributed by atoms with Crippen LogP contribution in [0.25, 0.3) is 0 Å². The summed E-state index contributed by atoms with van der Waals surface area (Å²) in [6, 6.07) is 0. The number of hydrogen-bond donors (Lipinski definition) is 3.